The summed E-state index contributed by atoms with van der Waals surface area (Å²) in [7, 11) is 0. The van der Waals surface area contributed by atoms with E-state index in [9.17, 15) is 9.59 Å². The van der Waals surface area contributed by atoms with Gasteiger partial charge in [-0.15, -0.1) is 0 Å². The molecule has 1 aromatic heterocycles. The van der Waals surface area contributed by atoms with Gasteiger partial charge in [0.2, 0.25) is 0 Å². The van der Waals surface area contributed by atoms with Crippen LogP contribution < -0.4 is 10.9 Å². The van der Waals surface area contributed by atoms with Crippen molar-refractivity contribution in [3.05, 3.63) is 46.2 Å². The van der Waals surface area contributed by atoms with E-state index in [4.69, 9.17) is 4.74 Å². The lowest BCUT2D eigenvalue weighted by Gasteiger charge is -2.07. The Hall–Kier alpha value is -2.63. The van der Waals surface area contributed by atoms with Crippen LogP contribution in [0.5, 0.6) is 0 Å². The monoisotopic (exact) mass is 273 g/mol. The Morgan fingerprint density at radius 2 is 2.05 bits per heavy atom. The molecule has 1 amide bonds. The number of carbonyl (C=O) groups excluding carboxylic acids is 1. The number of H-pyrrole nitrogens is 1. The van der Waals surface area contributed by atoms with Gasteiger partial charge in [-0.05, 0) is 31.5 Å². The maximum Gasteiger partial charge on any atom is 0.411 e. The molecule has 0 bridgehead atoms. The highest BCUT2D eigenvalue weighted by atomic mass is 16.5. The van der Waals surface area contributed by atoms with Crippen LogP contribution in [0.1, 0.15) is 12.5 Å². The molecular formula is C14H15N3O3. The van der Waals surface area contributed by atoms with E-state index in [0.29, 0.717) is 18.0 Å². The average molecular weight is 273 g/mol. The number of anilines is 1. The molecule has 6 heteroatoms. The highest BCUT2D eigenvalue weighted by Gasteiger charge is 2.06. The number of nitrogens with one attached hydrogen (secondary N) is 2. The summed E-state index contributed by atoms with van der Waals surface area (Å²) in [5.74, 6) is 0. The Balaban J connectivity index is 2.19. The van der Waals surface area contributed by atoms with Crippen molar-refractivity contribution >= 4 is 11.8 Å². The average Bonchev–Trinajstić information content (AvgIpc) is 2.40. The number of carbonyl (C=O) groups is 1. The van der Waals surface area contributed by atoms with Gasteiger partial charge in [-0.25, -0.2) is 9.89 Å². The SMILES string of the molecule is CCOC(=O)Nc1ccc(-c2n[nH]c(=O)cc2C)cc1. The number of amides is 1. The number of rotatable bonds is 3. The Labute approximate surface area is 115 Å². The number of ether oxygens (including phenoxy) is 1. The molecule has 0 aliphatic carbocycles. The molecule has 0 aliphatic heterocycles. The van der Waals surface area contributed by atoms with Gasteiger partial charge < -0.3 is 4.74 Å². The van der Waals surface area contributed by atoms with E-state index in [0.717, 1.165) is 11.1 Å². The molecule has 2 N–H and O–H groups in total. The van der Waals surface area contributed by atoms with Gasteiger partial charge in [0.15, 0.2) is 0 Å². The fourth-order valence-corrected chi connectivity index (χ4v) is 1.79. The fourth-order valence-electron chi connectivity index (χ4n) is 1.79. The largest absolute Gasteiger partial charge is 0.450 e. The Morgan fingerprint density at radius 1 is 1.35 bits per heavy atom. The quantitative estimate of drug-likeness (QED) is 0.898. The van der Waals surface area contributed by atoms with Gasteiger partial charge in [0, 0.05) is 17.3 Å². The molecule has 1 heterocycles. The van der Waals surface area contributed by atoms with Gasteiger partial charge in [0.1, 0.15) is 0 Å². The molecule has 20 heavy (non-hydrogen) atoms. The van der Waals surface area contributed by atoms with Gasteiger partial charge >= 0.3 is 6.09 Å². The van der Waals surface area contributed by atoms with Crippen LogP contribution in [0.25, 0.3) is 11.3 Å². The summed E-state index contributed by atoms with van der Waals surface area (Å²) in [6, 6.07) is 8.62. The van der Waals surface area contributed by atoms with E-state index in [2.05, 4.69) is 15.5 Å². The standard InChI is InChI=1S/C14H15N3O3/c1-3-20-14(19)15-11-6-4-10(5-7-11)13-9(2)8-12(18)16-17-13/h4-8H,3H2,1-2H3,(H,15,19)(H,16,18). The van der Waals surface area contributed by atoms with Gasteiger partial charge in [-0.1, -0.05) is 12.1 Å². The third-order valence-electron chi connectivity index (χ3n) is 2.68. The second-order valence-corrected chi connectivity index (χ2v) is 4.19. The molecule has 0 fully saturated rings. The Bertz CT molecular complexity index is 662. The summed E-state index contributed by atoms with van der Waals surface area (Å²) in [5.41, 5.74) is 2.75. The maximum absolute atomic E-state index is 11.3. The number of hydrogen-bond donors (Lipinski definition) is 2. The molecule has 0 saturated carbocycles. The third-order valence-corrected chi connectivity index (χ3v) is 2.68. The number of aromatic amines is 1. The normalized spacial score (nSPS) is 10.1. The van der Waals surface area contributed by atoms with Crippen molar-refractivity contribution in [2.24, 2.45) is 0 Å². The molecule has 0 aliphatic rings. The number of hydrogen-bond acceptors (Lipinski definition) is 4. The van der Waals surface area contributed by atoms with Crippen molar-refractivity contribution in [2.75, 3.05) is 11.9 Å². The number of aromatic nitrogens is 2. The van der Waals surface area contributed by atoms with Gasteiger partial charge in [0.05, 0.1) is 12.3 Å². The summed E-state index contributed by atoms with van der Waals surface area (Å²) in [4.78, 5) is 22.4. The first-order chi connectivity index (χ1) is 9.60. The first kappa shape index (κ1) is 13.8. The van der Waals surface area contributed by atoms with Crippen LogP contribution in [0.4, 0.5) is 10.5 Å². The van der Waals surface area contributed by atoms with Crippen molar-refractivity contribution in [3.63, 3.8) is 0 Å². The van der Waals surface area contributed by atoms with E-state index < -0.39 is 6.09 Å². The minimum Gasteiger partial charge on any atom is -0.450 e. The van der Waals surface area contributed by atoms with E-state index in [1.165, 1.54) is 6.07 Å². The first-order valence-electron chi connectivity index (χ1n) is 6.20. The molecule has 1 aromatic carbocycles. The summed E-state index contributed by atoms with van der Waals surface area (Å²) >= 11 is 0. The molecule has 2 aromatic rings. The van der Waals surface area contributed by atoms with E-state index in [1.54, 1.807) is 19.1 Å². The van der Waals surface area contributed by atoms with Crippen LogP contribution in [0, 0.1) is 6.92 Å². The number of benzene rings is 1. The molecule has 0 unspecified atom stereocenters. The van der Waals surface area contributed by atoms with Crippen LogP contribution in [-0.2, 0) is 4.74 Å². The van der Waals surface area contributed by atoms with Crippen molar-refractivity contribution in [1.82, 2.24) is 10.2 Å². The molecule has 2 rings (SSSR count). The van der Waals surface area contributed by atoms with E-state index in [1.807, 2.05) is 19.1 Å². The topological polar surface area (TPSA) is 84.1 Å². The lowest BCUT2D eigenvalue weighted by molar-refractivity contribution is 0.168. The predicted octanol–water partition coefficient (Wildman–Crippen LogP) is 2.31. The molecule has 0 atom stereocenters. The zero-order valence-corrected chi connectivity index (χ0v) is 11.3. The van der Waals surface area contributed by atoms with E-state index >= 15 is 0 Å². The molecule has 0 saturated heterocycles. The van der Waals surface area contributed by atoms with Crippen molar-refractivity contribution in [3.8, 4) is 11.3 Å². The summed E-state index contributed by atoms with van der Waals surface area (Å²) < 4.78 is 4.79. The molecule has 0 spiro atoms. The van der Waals surface area contributed by atoms with Crippen molar-refractivity contribution in [2.45, 2.75) is 13.8 Å². The highest BCUT2D eigenvalue weighted by Crippen LogP contribution is 2.21. The van der Waals surface area contributed by atoms with Crippen LogP contribution in [0.15, 0.2) is 35.1 Å². The second kappa shape index (κ2) is 6.01. The van der Waals surface area contributed by atoms with Crippen LogP contribution in [0.2, 0.25) is 0 Å². The lowest BCUT2D eigenvalue weighted by Crippen LogP contribution is -2.13. The highest BCUT2D eigenvalue weighted by molar-refractivity contribution is 5.85. The Kier molecular flexibility index (Phi) is 4.14. The van der Waals surface area contributed by atoms with Gasteiger partial charge in [-0.2, -0.15) is 5.10 Å². The molecule has 0 radical (unpaired) electrons. The maximum atomic E-state index is 11.3. The summed E-state index contributed by atoms with van der Waals surface area (Å²) in [6.07, 6.45) is -0.487. The molecule has 6 nitrogen and oxygen atoms in total. The van der Waals surface area contributed by atoms with Crippen LogP contribution in [-0.4, -0.2) is 22.9 Å². The zero-order valence-electron chi connectivity index (χ0n) is 11.3. The minimum atomic E-state index is -0.487. The number of nitrogens with zero attached hydrogens (tertiary/aromatic N) is 1. The third kappa shape index (κ3) is 3.23. The van der Waals surface area contributed by atoms with E-state index in [-0.39, 0.29) is 5.56 Å². The molecular weight excluding hydrogens is 258 g/mol. The Morgan fingerprint density at radius 3 is 2.65 bits per heavy atom. The number of aryl methyl sites for hydroxylation is 1. The summed E-state index contributed by atoms with van der Waals surface area (Å²) in [6.45, 7) is 3.89. The van der Waals surface area contributed by atoms with Crippen molar-refractivity contribution < 1.29 is 9.53 Å². The summed E-state index contributed by atoms with van der Waals surface area (Å²) in [5, 5.41) is 9.03. The zero-order chi connectivity index (χ0) is 14.5. The lowest BCUT2D eigenvalue weighted by atomic mass is 10.1. The minimum absolute atomic E-state index is 0.230. The fraction of sp³-hybridized carbons (Fsp3) is 0.214. The predicted molar refractivity (Wildman–Crippen MR) is 75.7 cm³/mol. The molecule has 104 valence electrons. The second-order valence-electron chi connectivity index (χ2n) is 4.19. The van der Waals surface area contributed by atoms with Gasteiger partial charge in [-0.3, -0.25) is 10.1 Å². The van der Waals surface area contributed by atoms with Crippen LogP contribution >= 0.6 is 0 Å². The first-order valence-corrected chi connectivity index (χ1v) is 6.20. The van der Waals surface area contributed by atoms with Gasteiger partial charge in [0.25, 0.3) is 5.56 Å². The van der Waals surface area contributed by atoms with Crippen molar-refractivity contribution in [1.29, 1.82) is 0 Å². The van der Waals surface area contributed by atoms with Crippen LogP contribution in [0.3, 0.4) is 0 Å². The smallest absolute Gasteiger partial charge is 0.411 e.